The Hall–Kier alpha value is -5.98. The smallest absolute Gasteiger partial charge is 0.352 e. The van der Waals surface area contributed by atoms with Crippen LogP contribution in [0.2, 0.25) is 0 Å². The van der Waals surface area contributed by atoms with Gasteiger partial charge >= 0.3 is 11.7 Å². The number of hydrogen-bond acceptors (Lipinski definition) is 14. The first kappa shape index (κ1) is 52.4. The fourth-order valence-electron chi connectivity index (χ4n) is 7.91. The lowest BCUT2D eigenvalue weighted by molar-refractivity contribution is -0.143. The van der Waals surface area contributed by atoms with Gasteiger partial charge in [-0.3, -0.25) is 14.2 Å². The molecule has 1 aliphatic heterocycles. The molecule has 4 aromatic carbocycles. The molecule has 0 N–H and O–H groups in total. The van der Waals surface area contributed by atoms with Crippen molar-refractivity contribution in [3.8, 4) is 29.2 Å². The molecule has 0 spiro atoms. The summed E-state index contributed by atoms with van der Waals surface area (Å²) in [6, 6.07) is 33.8. The summed E-state index contributed by atoms with van der Waals surface area (Å²) in [5.41, 5.74) is 0.777. The van der Waals surface area contributed by atoms with E-state index < -0.39 is 56.2 Å². The maximum Gasteiger partial charge on any atom is 0.352 e. The first-order valence-electron chi connectivity index (χ1n) is 23.0. The zero-order valence-corrected chi connectivity index (χ0v) is 41.9. The Labute approximate surface area is 406 Å². The fraction of sp³-hybridized carbons (Fsp3) is 0.415. The van der Waals surface area contributed by atoms with E-state index in [2.05, 4.69) is 43.4 Å². The lowest BCUT2D eigenvalue weighted by atomic mass is 9.80. The van der Waals surface area contributed by atoms with Gasteiger partial charge in [0.15, 0.2) is 12.4 Å². The van der Waals surface area contributed by atoms with E-state index in [0.29, 0.717) is 28.4 Å². The number of benzene rings is 4. The van der Waals surface area contributed by atoms with Gasteiger partial charge < -0.3 is 37.5 Å². The van der Waals surface area contributed by atoms with Crippen molar-refractivity contribution in [2.45, 2.75) is 104 Å². The molecular formula is C53H63N4O11P. The molecule has 0 aliphatic carbocycles. The van der Waals surface area contributed by atoms with Crippen molar-refractivity contribution in [2.24, 2.45) is 5.41 Å². The number of hydrogen-bond donors (Lipinski definition) is 0. The molecule has 0 bridgehead atoms. The average Bonchev–Trinajstić information content (AvgIpc) is 3.73. The van der Waals surface area contributed by atoms with Crippen LogP contribution >= 0.6 is 8.53 Å². The van der Waals surface area contributed by atoms with Crippen LogP contribution in [0.1, 0.15) is 100 Å². The summed E-state index contributed by atoms with van der Waals surface area (Å²) in [7, 11) is 1.50. The van der Waals surface area contributed by atoms with Gasteiger partial charge in [-0.1, -0.05) is 54.6 Å². The Kier molecular flexibility index (Phi) is 17.9. The number of carbonyl (C=O) groups is 2. The summed E-state index contributed by atoms with van der Waals surface area (Å²) in [6.45, 7) is 15.0. The number of Topliss-reactive ketones (excluding diaryl/α,β-unsaturated/α-hetero) is 1. The van der Waals surface area contributed by atoms with Crippen LogP contribution in [0.25, 0.3) is 0 Å². The van der Waals surface area contributed by atoms with E-state index >= 15 is 0 Å². The van der Waals surface area contributed by atoms with Crippen LogP contribution in [0.15, 0.2) is 114 Å². The normalized spacial score (nSPS) is 16.6. The zero-order valence-electron chi connectivity index (χ0n) is 41.0. The number of nitriles is 1. The lowest BCUT2D eigenvalue weighted by Gasteiger charge is -2.39. The third-order valence-electron chi connectivity index (χ3n) is 11.4. The molecule has 4 atom stereocenters. The average molecular weight is 963 g/mol. The van der Waals surface area contributed by atoms with Crippen LogP contribution in [-0.2, 0) is 28.9 Å². The summed E-state index contributed by atoms with van der Waals surface area (Å²) >= 11 is 0. The zero-order chi connectivity index (χ0) is 49.9. The second kappa shape index (κ2) is 23.6. The molecule has 2 heterocycles. The van der Waals surface area contributed by atoms with Gasteiger partial charge in [-0.2, -0.15) is 10.2 Å². The number of rotatable bonds is 22. The van der Waals surface area contributed by atoms with Crippen LogP contribution in [-0.4, -0.2) is 84.3 Å². The van der Waals surface area contributed by atoms with E-state index in [9.17, 15) is 19.6 Å². The molecule has 1 aliphatic rings. The molecule has 5 aromatic rings. The van der Waals surface area contributed by atoms with Crippen molar-refractivity contribution in [3.63, 3.8) is 0 Å². The maximum atomic E-state index is 14.0. The maximum absolute atomic E-state index is 14.0. The number of ether oxygens (including phenoxy) is 6. The molecule has 15 nitrogen and oxygen atoms in total. The lowest BCUT2D eigenvalue weighted by Crippen LogP contribution is -2.39. The van der Waals surface area contributed by atoms with Crippen molar-refractivity contribution in [1.82, 2.24) is 14.2 Å². The van der Waals surface area contributed by atoms with Crippen LogP contribution in [0.3, 0.4) is 0 Å². The van der Waals surface area contributed by atoms with E-state index in [-0.39, 0.29) is 49.8 Å². The van der Waals surface area contributed by atoms with Gasteiger partial charge in [-0.25, -0.2) is 9.46 Å². The number of nitrogens with zero attached hydrogens (tertiary/aromatic N) is 4. The summed E-state index contributed by atoms with van der Waals surface area (Å²) < 4.78 is 53.4. The number of carbonyl (C=O) groups excluding carboxylic acids is 2. The van der Waals surface area contributed by atoms with Gasteiger partial charge in [-0.05, 0) is 121 Å². The molecule has 0 amide bonds. The molecule has 1 unspecified atom stereocenters. The van der Waals surface area contributed by atoms with E-state index in [0.717, 1.165) is 16.7 Å². The Morgan fingerprint density at radius 1 is 0.855 bits per heavy atom. The third-order valence-corrected chi connectivity index (χ3v) is 13.6. The van der Waals surface area contributed by atoms with Gasteiger partial charge in [0.1, 0.15) is 35.2 Å². The van der Waals surface area contributed by atoms with Crippen LogP contribution < -0.4 is 24.6 Å². The molecule has 0 saturated carbocycles. The molecule has 16 heteroatoms. The number of aromatic nitrogens is 2. The number of aryl methyl sites for hydroxylation is 1. The number of methoxy groups -OCH3 is 2. The standard InChI is InChI=1S/C53H63N4O11P/c1-35(2)57(36(3)4)69(65-30-14-29-54)68-46-31-48(56-32-37(5)49(55-51(56)60)63-33-45(58)38-17-23-44(24-18-38)66-50(59)52(6,7)8)67-47(46)34-64-53(39-15-12-11-13-16-39,40-19-25-42(61-9)26-20-40)41-21-27-43(62-10)28-22-41/h11-13,15-28,32,35-36,46-48H,14,30-31,33-34H2,1-10H3/t46-,47+,48+,69?/m0/s1. The van der Waals surface area contributed by atoms with Gasteiger partial charge in [0.2, 0.25) is 5.88 Å². The predicted octanol–water partition coefficient (Wildman–Crippen LogP) is 9.74. The van der Waals surface area contributed by atoms with E-state index in [4.69, 9.17) is 37.5 Å². The minimum absolute atomic E-state index is 0.00319. The summed E-state index contributed by atoms with van der Waals surface area (Å²) in [5, 5.41) is 9.44. The van der Waals surface area contributed by atoms with Crippen molar-refractivity contribution in [2.75, 3.05) is 34.0 Å². The van der Waals surface area contributed by atoms with Gasteiger partial charge in [-0.15, -0.1) is 0 Å². The van der Waals surface area contributed by atoms with Gasteiger partial charge in [0.05, 0.1) is 51.4 Å². The largest absolute Gasteiger partial charge is 0.497 e. The Bertz CT molecular complexity index is 2520. The second-order valence-electron chi connectivity index (χ2n) is 18.2. The summed E-state index contributed by atoms with van der Waals surface area (Å²) in [6.07, 6.45) is -0.311. The topological polar surface area (TPSA) is 170 Å². The fourth-order valence-corrected chi connectivity index (χ4v) is 9.67. The van der Waals surface area contributed by atoms with Crippen molar-refractivity contribution in [1.29, 1.82) is 5.26 Å². The first-order chi connectivity index (χ1) is 33.0. The van der Waals surface area contributed by atoms with E-state index in [1.54, 1.807) is 72.4 Å². The molecule has 1 aromatic heterocycles. The Morgan fingerprint density at radius 2 is 1.42 bits per heavy atom. The minimum Gasteiger partial charge on any atom is -0.497 e. The highest BCUT2D eigenvalue weighted by Gasteiger charge is 2.45. The minimum atomic E-state index is -1.74. The Morgan fingerprint density at radius 3 is 1.96 bits per heavy atom. The first-order valence-corrected chi connectivity index (χ1v) is 24.1. The van der Waals surface area contributed by atoms with Crippen LogP contribution in [0, 0.1) is 23.7 Å². The molecule has 69 heavy (non-hydrogen) atoms. The molecular weight excluding hydrogens is 900 g/mol. The molecule has 1 saturated heterocycles. The highest BCUT2D eigenvalue weighted by Crippen LogP contribution is 2.51. The third kappa shape index (κ3) is 12.8. The monoisotopic (exact) mass is 962 g/mol. The highest BCUT2D eigenvalue weighted by molar-refractivity contribution is 7.44. The second-order valence-corrected chi connectivity index (χ2v) is 19.6. The van der Waals surface area contributed by atoms with Crippen LogP contribution in [0.5, 0.6) is 23.1 Å². The number of ketones is 1. The number of esters is 1. The van der Waals surface area contributed by atoms with E-state index in [1.165, 1.54) is 4.57 Å². The van der Waals surface area contributed by atoms with Crippen LogP contribution in [0.4, 0.5) is 0 Å². The van der Waals surface area contributed by atoms with Crippen molar-refractivity contribution >= 4 is 20.3 Å². The van der Waals surface area contributed by atoms with E-state index in [1.807, 2.05) is 78.9 Å². The predicted molar refractivity (Wildman–Crippen MR) is 261 cm³/mol. The highest BCUT2D eigenvalue weighted by atomic mass is 31.2. The molecule has 0 radical (unpaired) electrons. The Balaban J connectivity index is 1.33. The van der Waals surface area contributed by atoms with Gasteiger partial charge in [0, 0.05) is 35.8 Å². The quantitative estimate of drug-likeness (QED) is 0.0160. The molecule has 6 rings (SSSR count). The summed E-state index contributed by atoms with van der Waals surface area (Å²) in [4.78, 5) is 43.8. The SMILES string of the molecule is COc1ccc(C(OC[C@H]2O[C@@H](n3cc(C)c(OCC(=O)c4ccc(OC(=O)C(C)(C)C)cc4)nc3=O)C[C@@H]2OP(OCCC#N)N(C(C)C)C(C)C)(c2ccccc2)c2ccc(OC)cc2)cc1. The van der Waals surface area contributed by atoms with Gasteiger partial charge in [0.25, 0.3) is 8.53 Å². The van der Waals surface area contributed by atoms with Crippen molar-refractivity contribution < 1.29 is 47.1 Å². The summed E-state index contributed by atoms with van der Waals surface area (Å²) in [5.74, 6) is 0.911. The van der Waals surface area contributed by atoms with Crippen molar-refractivity contribution in [3.05, 3.63) is 148 Å². The molecule has 1 fully saturated rings. The molecule has 366 valence electrons.